The number of amides is 1. The number of carbonyl (C=O) groups excluding carboxylic acids is 1. The van der Waals surface area contributed by atoms with Gasteiger partial charge in [0.1, 0.15) is 16.5 Å². The fourth-order valence-corrected chi connectivity index (χ4v) is 3.46. The van der Waals surface area contributed by atoms with Crippen LogP contribution in [0.15, 0.2) is 11.6 Å². The number of hydrogen-bond acceptors (Lipinski definition) is 6. The molecule has 1 aliphatic heterocycles. The predicted octanol–water partition coefficient (Wildman–Crippen LogP) is 2.45. The fourth-order valence-electron chi connectivity index (χ4n) is 2.57. The second-order valence-electron chi connectivity index (χ2n) is 7.44. The third-order valence-electron chi connectivity index (χ3n) is 3.84. The second-order valence-corrected chi connectivity index (χ2v) is 8.38. The average Bonchev–Trinajstić information content (AvgIpc) is 3.10. The lowest BCUT2D eigenvalue weighted by atomic mass is 9.95. The van der Waals surface area contributed by atoms with Gasteiger partial charge in [-0.1, -0.05) is 20.8 Å². The van der Waals surface area contributed by atoms with Crippen LogP contribution >= 0.6 is 11.3 Å². The molecule has 0 radical (unpaired) electrons. The van der Waals surface area contributed by atoms with Crippen LogP contribution in [0.4, 0.5) is 0 Å². The Kier molecular flexibility index (Phi) is 4.40. The van der Waals surface area contributed by atoms with Crippen molar-refractivity contribution in [2.45, 2.75) is 45.8 Å². The molecule has 1 amide bonds. The van der Waals surface area contributed by atoms with Gasteiger partial charge in [0.05, 0.1) is 12.2 Å². The molecule has 2 aromatic heterocycles. The minimum absolute atomic E-state index is 0.0356. The second kappa shape index (κ2) is 6.22. The first-order valence-electron chi connectivity index (χ1n) is 7.97. The Morgan fingerprint density at radius 3 is 2.71 bits per heavy atom. The van der Waals surface area contributed by atoms with Crippen LogP contribution in [-0.2, 0) is 25.0 Å². The molecule has 24 heavy (non-hydrogen) atoms. The van der Waals surface area contributed by atoms with Gasteiger partial charge in [0, 0.05) is 35.6 Å². The lowest BCUT2D eigenvalue weighted by Crippen LogP contribution is -2.25. The Labute approximate surface area is 146 Å². The smallest absolute Gasteiger partial charge is 0.273 e. The summed E-state index contributed by atoms with van der Waals surface area (Å²) in [6.45, 7) is 8.11. The molecule has 1 aliphatic rings. The minimum Gasteiger partial charge on any atom is -0.327 e. The van der Waals surface area contributed by atoms with Crippen LogP contribution in [0.3, 0.4) is 0 Å². The maximum absolute atomic E-state index is 12.7. The monoisotopic (exact) mass is 345 g/mol. The topological polar surface area (TPSA) is 62.2 Å². The van der Waals surface area contributed by atoms with Crippen molar-refractivity contribution in [3.63, 3.8) is 0 Å². The number of fused-ring (bicyclic) bond motifs is 1. The van der Waals surface area contributed by atoms with Gasteiger partial charge in [-0.2, -0.15) is 0 Å². The molecule has 0 aromatic carbocycles. The standard InChI is InChI=1S/C17H23N5OS/c1-17(2,3)16-18-6-11-7-22(8-12(11)20-16)15(23)13-10-24-14(19-13)9-21(4)5/h6,10H,7-9H2,1-5H3. The van der Waals surface area contributed by atoms with Crippen molar-refractivity contribution in [2.75, 3.05) is 14.1 Å². The number of nitrogens with zero attached hydrogens (tertiary/aromatic N) is 5. The number of hydrogen-bond donors (Lipinski definition) is 0. The van der Waals surface area contributed by atoms with E-state index in [1.165, 1.54) is 11.3 Å². The highest BCUT2D eigenvalue weighted by Crippen LogP contribution is 2.26. The van der Waals surface area contributed by atoms with Crippen LogP contribution < -0.4 is 0 Å². The van der Waals surface area contributed by atoms with Crippen molar-refractivity contribution in [3.8, 4) is 0 Å². The fraction of sp³-hybridized carbons (Fsp3) is 0.529. The van der Waals surface area contributed by atoms with Crippen molar-refractivity contribution in [2.24, 2.45) is 0 Å². The average molecular weight is 345 g/mol. The van der Waals surface area contributed by atoms with Gasteiger partial charge in [0.25, 0.3) is 5.91 Å². The van der Waals surface area contributed by atoms with Crippen molar-refractivity contribution in [1.29, 1.82) is 0 Å². The predicted molar refractivity (Wildman–Crippen MR) is 93.8 cm³/mol. The van der Waals surface area contributed by atoms with E-state index in [9.17, 15) is 4.79 Å². The Hall–Kier alpha value is -1.86. The van der Waals surface area contributed by atoms with E-state index in [-0.39, 0.29) is 11.3 Å². The minimum atomic E-state index is -0.0948. The third-order valence-corrected chi connectivity index (χ3v) is 4.67. The number of thiazole rings is 1. The van der Waals surface area contributed by atoms with Gasteiger partial charge in [-0.15, -0.1) is 11.3 Å². The summed E-state index contributed by atoms with van der Waals surface area (Å²) in [6, 6.07) is 0. The zero-order valence-corrected chi connectivity index (χ0v) is 15.6. The molecular weight excluding hydrogens is 322 g/mol. The zero-order valence-electron chi connectivity index (χ0n) is 14.8. The van der Waals surface area contributed by atoms with Gasteiger partial charge in [-0.3, -0.25) is 4.79 Å². The van der Waals surface area contributed by atoms with Gasteiger partial charge in [0.15, 0.2) is 0 Å². The molecule has 0 unspecified atom stereocenters. The summed E-state index contributed by atoms with van der Waals surface area (Å²) in [7, 11) is 3.98. The summed E-state index contributed by atoms with van der Waals surface area (Å²) in [5.41, 5.74) is 2.41. The van der Waals surface area contributed by atoms with Crippen molar-refractivity contribution in [3.05, 3.63) is 39.4 Å². The van der Waals surface area contributed by atoms with Gasteiger partial charge in [0.2, 0.25) is 0 Å². The third kappa shape index (κ3) is 3.47. The first-order chi connectivity index (χ1) is 11.2. The van der Waals surface area contributed by atoms with E-state index in [2.05, 4.69) is 35.7 Å². The van der Waals surface area contributed by atoms with Crippen LogP contribution in [0, 0.1) is 0 Å². The normalized spacial score (nSPS) is 14.3. The van der Waals surface area contributed by atoms with E-state index in [4.69, 9.17) is 0 Å². The summed E-state index contributed by atoms with van der Waals surface area (Å²) in [5, 5.41) is 2.80. The van der Waals surface area contributed by atoms with Crippen LogP contribution in [0.5, 0.6) is 0 Å². The maximum Gasteiger partial charge on any atom is 0.273 e. The van der Waals surface area contributed by atoms with Gasteiger partial charge >= 0.3 is 0 Å². The molecule has 0 fully saturated rings. The molecule has 6 nitrogen and oxygen atoms in total. The first-order valence-corrected chi connectivity index (χ1v) is 8.85. The highest BCUT2D eigenvalue weighted by Gasteiger charge is 2.29. The SMILES string of the molecule is CN(C)Cc1nc(C(=O)N2Cc3cnc(C(C)(C)C)nc3C2)cs1. The molecule has 3 rings (SSSR count). The molecule has 128 valence electrons. The molecule has 0 aliphatic carbocycles. The maximum atomic E-state index is 12.7. The van der Waals surface area contributed by atoms with Crippen molar-refractivity contribution < 1.29 is 4.79 Å². The van der Waals surface area contributed by atoms with Crippen LogP contribution in [0.25, 0.3) is 0 Å². The lowest BCUT2D eigenvalue weighted by Gasteiger charge is -2.16. The van der Waals surface area contributed by atoms with Crippen molar-refractivity contribution in [1.82, 2.24) is 24.8 Å². The summed E-state index contributed by atoms with van der Waals surface area (Å²) in [4.78, 5) is 30.1. The molecular formula is C17H23N5OS. The van der Waals surface area contributed by atoms with Crippen LogP contribution in [0.2, 0.25) is 0 Å². The van der Waals surface area contributed by atoms with Gasteiger partial charge < -0.3 is 9.80 Å². The van der Waals surface area contributed by atoms with E-state index >= 15 is 0 Å². The Bertz CT molecular complexity index is 763. The summed E-state index contributed by atoms with van der Waals surface area (Å²) >= 11 is 1.53. The molecule has 0 saturated heterocycles. The summed E-state index contributed by atoms with van der Waals surface area (Å²) < 4.78 is 0. The van der Waals surface area contributed by atoms with E-state index in [0.29, 0.717) is 18.8 Å². The molecule has 0 atom stereocenters. The highest BCUT2D eigenvalue weighted by molar-refractivity contribution is 7.09. The van der Waals surface area contributed by atoms with Crippen LogP contribution in [-0.4, -0.2) is 44.8 Å². The quantitative estimate of drug-likeness (QED) is 0.855. The summed E-state index contributed by atoms with van der Waals surface area (Å²) in [5.74, 6) is 0.782. The molecule has 7 heteroatoms. The Morgan fingerprint density at radius 1 is 1.29 bits per heavy atom. The highest BCUT2D eigenvalue weighted by atomic mass is 32.1. The molecule has 0 bridgehead atoms. The molecule has 0 N–H and O–H groups in total. The number of aromatic nitrogens is 3. The summed E-state index contributed by atoms with van der Waals surface area (Å²) in [6.07, 6.45) is 1.86. The lowest BCUT2D eigenvalue weighted by molar-refractivity contribution is 0.0745. The van der Waals surface area contributed by atoms with E-state index in [1.54, 1.807) is 4.90 Å². The molecule has 3 heterocycles. The van der Waals surface area contributed by atoms with Crippen molar-refractivity contribution >= 4 is 17.2 Å². The van der Waals surface area contributed by atoms with Gasteiger partial charge in [-0.05, 0) is 14.1 Å². The van der Waals surface area contributed by atoms with Gasteiger partial charge in [-0.25, -0.2) is 15.0 Å². The first kappa shape index (κ1) is 17.0. The number of rotatable bonds is 3. The molecule has 2 aromatic rings. The Morgan fingerprint density at radius 2 is 2.04 bits per heavy atom. The van der Waals surface area contributed by atoms with Crippen LogP contribution in [0.1, 0.15) is 53.3 Å². The van der Waals surface area contributed by atoms with E-state index in [0.717, 1.165) is 28.6 Å². The van der Waals surface area contributed by atoms with E-state index in [1.807, 2.05) is 30.6 Å². The van der Waals surface area contributed by atoms with E-state index < -0.39 is 0 Å². The number of carbonyl (C=O) groups is 1. The molecule has 0 saturated carbocycles. The Balaban J connectivity index is 1.75. The zero-order chi connectivity index (χ0) is 17.5. The molecule has 0 spiro atoms. The largest absolute Gasteiger partial charge is 0.327 e.